The molecule has 66 heavy (non-hydrogen) atoms. The molecule has 2 atom stereocenters. The van der Waals surface area contributed by atoms with Gasteiger partial charge in [0.05, 0.1) is 59.8 Å². The van der Waals surface area contributed by atoms with Crippen LogP contribution in [0.1, 0.15) is 117 Å². The van der Waals surface area contributed by atoms with E-state index in [0.717, 1.165) is 36.8 Å². The molecule has 0 radical (unpaired) electrons. The van der Waals surface area contributed by atoms with Crippen molar-refractivity contribution < 1.29 is 52.8 Å². The molecule has 2 fully saturated rings. The molecule has 4 amide bonds. The van der Waals surface area contributed by atoms with Gasteiger partial charge in [-0.2, -0.15) is 0 Å². The van der Waals surface area contributed by atoms with Crippen molar-refractivity contribution in [1.29, 1.82) is 0 Å². The van der Waals surface area contributed by atoms with E-state index in [2.05, 4.69) is 4.74 Å². The number of nitrogens with zero attached hydrogens (tertiary/aromatic N) is 4. The minimum atomic E-state index is -0.868. The van der Waals surface area contributed by atoms with Crippen molar-refractivity contribution in [1.82, 2.24) is 19.6 Å². The lowest BCUT2D eigenvalue weighted by atomic mass is 10.1. The topological polar surface area (TPSA) is 173 Å². The van der Waals surface area contributed by atoms with Crippen LogP contribution in [0.25, 0.3) is 0 Å². The highest BCUT2D eigenvalue weighted by atomic mass is 35.5. The van der Waals surface area contributed by atoms with Gasteiger partial charge in [0.15, 0.2) is 0 Å². The molecule has 4 rings (SSSR count). The number of hydrogen-bond donors (Lipinski definition) is 1. The molecule has 0 unspecified atom stereocenters. The minimum Gasteiger partial charge on any atom is -0.469 e. The van der Waals surface area contributed by atoms with Gasteiger partial charge < -0.3 is 43.7 Å². The zero-order chi connectivity index (χ0) is 49.5. The fourth-order valence-corrected chi connectivity index (χ4v) is 7.58. The Hall–Kier alpha value is -4.02. The largest absolute Gasteiger partial charge is 0.469 e. The Labute approximate surface area is 409 Å². The van der Waals surface area contributed by atoms with Crippen molar-refractivity contribution >= 4 is 82.3 Å². The molecule has 0 saturated heterocycles. The Balaban J connectivity index is 0.000000350. The van der Waals surface area contributed by atoms with Gasteiger partial charge in [-0.15, -0.1) is 0 Å². The highest BCUT2D eigenvalue weighted by Crippen LogP contribution is 2.35. The molecule has 15 nitrogen and oxygen atoms in total. The molecule has 0 aliphatic heterocycles. The molecule has 2 aromatic rings. The number of aliphatic hydroxyl groups is 1. The van der Waals surface area contributed by atoms with Gasteiger partial charge in [-0.05, 0) is 96.9 Å². The Morgan fingerprint density at radius 1 is 0.636 bits per heavy atom. The highest BCUT2D eigenvalue weighted by molar-refractivity contribution is 6.43. The van der Waals surface area contributed by atoms with Crippen molar-refractivity contribution in [2.24, 2.45) is 0 Å². The normalized spacial score (nSPS) is 14.4. The van der Waals surface area contributed by atoms with Gasteiger partial charge in [-0.1, -0.05) is 77.6 Å². The predicted octanol–water partition coefficient (Wildman–Crippen LogP) is 9.49. The lowest BCUT2D eigenvalue weighted by Gasteiger charge is -2.34. The van der Waals surface area contributed by atoms with Crippen LogP contribution in [0.5, 0.6) is 0 Å². The first-order valence-corrected chi connectivity index (χ1v) is 23.6. The van der Waals surface area contributed by atoms with Crippen molar-refractivity contribution in [3.8, 4) is 0 Å². The smallest absolute Gasteiger partial charge is 0.410 e. The van der Waals surface area contributed by atoms with Gasteiger partial charge in [0.1, 0.15) is 11.2 Å². The van der Waals surface area contributed by atoms with E-state index < -0.39 is 54.0 Å². The highest BCUT2D eigenvalue weighted by Gasteiger charge is 2.38. The summed E-state index contributed by atoms with van der Waals surface area (Å²) in [4.78, 5) is 82.0. The maximum atomic E-state index is 13.4. The van der Waals surface area contributed by atoms with Crippen LogP contribution in [0.3, 0.4) is 0 Å². The summed E-state index contributed by atoms with van der Waals surface area (Å²) < 4.78 is 20.4. The number of benzene rings is 2. The second kappa shape index (κ2) is 25.9. The molecule has 368 valence electrons. The molecular formula is C47H66Cl4N4O11. The fourth-order valence-electron chi connectivity index (χ4n) is 6.82. The van der Waals surface area contributed by atoms with Crippen LogP contribution in [0.2, 0.25) is 20.1 Å². The van der Waals surface area contributed by atoms with E-state index in [4.69, 9.17) is 60.6 Å². The van der Waals surface area contributed by atoms with Gasteiger partial charge >= 0.3 is 24.1 Å². The number of ether oxygens (including phenoxy) is 4. The first-order valence-electron chi connectivity index (χ1n) is 22.1. The Bertz CT molecular complexity index is 1850. The third kappa shape index (κ3) is 18.6. The van der Waals surface area contributed by atoms with Crippen LogP contribution in [0, 0.1) is 0 Å². The monoisotopic (exact) mass is 1000 g/mol. The van der Waals surface area contributed by atoms with Crippen LogP contribution in [-0.4, -0.2) is 130 Å². The summed E-state index contributed by atoms with van der Waals surface area (Å²) >= 11 is 24.9. The summed E-state index contributed by atoms with van der Waals surface area (Å²) in [6.45, 7) is 12.6. The quantitative estimate of drug-likeness (QED) is 0.0989. The lowest BCUT2D eigenvalue weighted by molar-refractivity contribution is -0.142. The molecule has 0 heterocycles. The SMILES string of the molecule is CC[C@H](CC(=O)N(Cc1cccc(Cl)c1Cl)C1CC1)N(CCC(=O)OC)C(=O)OC(C)(C)C.COC(=O)CCN(C(=O)OC(C)(C)C)[C@H](CO)CC(=O)N(Cc1cccc(Cl)c1Cl)C1CC1. The Morgan fingerprint density at radius 3 is 1.32 bits per heavy atom. The second-order valence-electron chi connectivity index (χ2n) is 18.2. The Kier molecular flexibility index (Phi) is 22.1. The summed E-state index contributed by atoms with van der Waals surface area (Å²) in [5.41, 5.74) is 0.0205. The molecule has 2 aliphatic rings. The number of halogens is 4. The standard InChI is InChI=1S/C24H34Cl2N2O5.C23H32Cl2N2O6/c1-6-17(27(13-12-21(30)32-5)23(31)33-24(2,3)4)14-20(29)28(18-10-11-18)15-16-8-7-9-19(25)22(16)26;1-23(2,3)33-22(31)26(11-10-20(30)32-4)17(14-28)12-19(29)27(16-8-9-16)13-15-6-5-7-18(24)21(15)25/h7-9,17-18H,6,10-15H2,1-5H3;5-7,16-17,28H,8-14H2,1-4H3/t2*17-/m10/s1. The predicted molar refractivity (Wildman–Crippen MR) is 253 cm³/mol. The maximum absolute atomic E-state index is 13.4. The number of esters is 2. The molecule has 0 aromatic heterocycles. The number of amides is 4. The number of rotatable bonds is 20. The number of methoxy groups -OCH3 is 2. The summed E-state index contributed by atoms with van der Waals surface area (Å²) in [6.07, 6.45) is 2.77. The first-order chi connectivity index (χ1) is 30.9. The third-order valence-corrected chi connectivity index (χ3v) is 12.3. The van der Waals surface area contributed by atoms with Crippen molar-refractivity contribution in [2.75, 3.05) is 33.9 Å². The number of aliphatic hydroxyl groups excluding tert-OH is 1. The summed E-state index contributed by atoms with van der Waals surface area (Å²) in [7, 11) is 2.55. The van der Waals surface area contributed by atoms with Gasteiger partial charge in [-0.25, -0.2) is 9.59 Å². The molecule has 1 N–H and O–H groups in total. The van der Waals surface area contributed by atoms with E-state index in [1.807, 2.05) is 30.0 Å². The summed E-state index contributed by atoms with van der Waals surface area (Å²) in [5, 5.41) is 11.7. The van der Waals surface area contributed by atoms with Gasteiger partial charge in [0.25, 0.3) is 0 Å². The number of carbonyl (C=O) groups is 6. The second-order valence-corrected chi connectivity index (χ2v) is 19.8. The van der Waals surface area contributed by atoms with E-state index in [1.165, 1.54) is 24.0 Å². The number of hydrogen-bond acceptors (Lipinski definition) is 11. The van der Waals surface area contributed by atoms with E-state index in [1.54, 1.807) is 64.6 Å². The molecule has 0 spiro atoms. The summed E-state index contributed by atoms with van der Waals surface area (Å²) in [5.74, 6) is -1.26. The number of carbonyl (C=O) groups excluding carboxylic acids is 6. The van der Waals surface area contributed by atoms with Crippen LogP contribution in [0.15, 0.2) is 36.4 Å². The molecule has 0 bridgehead atoms. The van der Waals surface area contributed by atoms with Crippen LogP contribution < -0.4 is 0 Å². The van der Waals surface area contributed by atoms with E-state index in [-0.39, 0.29) is 69.2 Å². The third-order valence-electron chi connectivity index (χ3n) is 10.6. The van der Waals surface area contributed by atoms with E-state index >= 15 is 0 Å². The molecular weight excluding hydrogens is 938 g/mol. The molecule has 2 aliphatic carbocycles. The zero-order valence-corrected chi connectivity index (χ0v) is 42.5. The lowest BCUT2D eigenvalue weighted by Crippen LogP contribution is -2.48. The first kappa shape index (κ1) is 56.3. The average molecular weight is 1000 g/mol. The molecule has 2 aromatic carbocycles. The summed E-state index contributed by atoms with van der Waals surface area (Å²) in [6, 6.07) is 9.56. The molecule has 19 heteroatoms. The van der Waals surface area contributed by atoms with Crippen molar-refractivity contribution in [3.05, 3.63) is 67.6 Å². The van der Waals surface area contributed by atoms with Crippen LogP contribution in [-0.2, 0) is 51.2 Å². The van der Waals surface area contributed by atoms with E-state index in [0.29, 0.717) is 33.1 Å². The van der Waals surface area contributed by atoms with Crippen LogP contribution in [0.4, 0.5) is 9.59 Å². The minimum absolute atomic E-state index is 0.0187. The van der Waals surface area contributed by atoms with Crippen molar-refractivity contribution in [3.63, 3.8) is 0 Å². The van der Waals surface area contributed by atoms with Gasteiger partial charge in [0.2, 0.25) is 11.8 Å². The van der Waals surface area contributed by atoms with E-state index in [9.17, 15) is 33.9 Å². The average Bonchev–Trinajstić information content (AvgIpc) is 4.18. The van der Waals surface area contributed by atoms with Crippen molar-refractivity contribution in [2.45, 2.75) is 155 Å². The zero-order valence-electron chi connectivity index (χ0n) is 39.5. The fraction of sp³-hybridized carbons (Fsp3) is 0.617. The molecule has 2 saturated carbocycles. The Morgan fingerprint density at radius 2 is 1.00 bits per heavy atom. The van der Waals surface area contributed by atoms with Gasteiger partial charge in [-0.3, -0.25) is 19.2 Å². The maximum Gasteiger partial charge on any atom is 0.410 e. The van der Waals surface area contributed by atoms with Gasteiger partial charge in [0, 0.05) is 57.1 Å². The van der Waals surface area contributed by atoms with Crippen LogP contribution >= 0.6 is 46.4 Å².